The van der Waals surface area contributed by atoms with Crippen LogP contribution in [0.25, 0.3) is 0 Å². The van der Waals surface area contributed by atoms with Crippen LogP contribution in [0.5, 0.6) is 5.75 Å². The molecule has 19 heavy (non-hydrogen) atoms. The Morgan fingerprint density at radius 2 is 2.11 bits per heavy atom. The fourth-order valence-electron chi connectivity index (χ4n) is 1.70. The first-order valence-electron chi connectivity index (χ1n) is 5.65. The summed E-state index contributed by atoms with van der Waals surface area (Å²) in [5, 5.41) is 5.06. The summed E-state index contributed by atoms with van der Waals surface area (Å²) in [6.07, 6.45) is 1.64. The molecule has 0 aliphatic rings. The summed E-state index contributed by atoms with van der Waals surface area (Å²) in [5.41, 5.74) is 1.99. The Balaban J connectivity index is 1.97. The number of hydrogen-bond donors (Lipinski definition) is 1. The average Bonchev–Trinajstić information content (AvgIpc) is 2.80. The first kappa shape index (κ1) is 14.0. The van der Waals surface area contributed by atoms with Crippen molar-refractivity contribution in [2.75, 3.05) is 11.9 Å². The zero-order valence-corrected chi connectivity index (χ0v) is 13.0. The second-order valence-electron chi connectivity index (χ2n) is 4.04. The minimum absolute atomic E-state index is 0.0249. The Kier molecular flexibility index (Phi) is 4.55. The summed E-state index contributed by atoms with van der Waals surface area (Å²) in [5.74, 6) is 0.536. The van der Waals surface area contributed by atoms with Crippen molar-refractivity contribution in [3.63, 3.8) is 0 Å². The van der Waals surface area contributed by atoms with Gasteiger partial charge in [0.05, 0.1) is 0 Å². The number of thiazole rings is 1. The van der Waals surface area contributed by atoms with E-state index in [1.165, 1.54) is 11.3 Å². The minimum atomic E-state index is -0.211. The highest BCUT2D eigenvalue weighted by atomic mass is 79.9. The highest BCUT2D eigenvalue weighted by molar-refractivity contribution is 9.10. The quantitative estimate of drug-likeness (QED) is 0.925. The summed E-state index contributed by atoms with van der Waals surface area (Å²) in [7, 11) is 0. The molecule has 1 heterocycles. The first-order chi connectivity index (χ1) is 9.06. The largest absolute Gasteiger partial charge is 0.483 e. The normalized spacial score (nSPS) is 10.3. The Morgan fingerprint density at radius 1 is 1.42 bits per heavy atom. The molecule has 0 saturated carbocycles. The zero-order chi connectivity index (χ0) is 13.8. The number of aromatic nitrogens is 1. The van der Waals surface area contributed by atoms with Gasteiger partial charge in [0.1, 0.15) is 5.75 Å². The molecule has 100 valence electrons. The van der Waals surface area contributed by atoms with Crippen LogP contribution in [0.2, 0.25) is 0 Å². The number of anilines is 1. The van der Waals surface area contributed by atoms with Gasteiger partial charge in [-0.05, 0) is 37.1 Å². The van der Waals surface area contributed by atoms with E-state index in [0.717, 1.165) is 21.3 Å². The van der Waals surface area contributed by atoms with Gasteiger partial charge in [-0.15, -0.1) is 11.3 Å². The number of halogens is 1. The van der Waals surface area contributed by atoms with E-state index in [4.69, 9.17) is 4.74 Å². The maximum Gasteiger partial charge on any atom is 0.264 e. The molecule has 0 saturated heterocycles. The third kappa shape index (κ3) is 3.78. The van der Waals surface area contributed by atoms with Crippen molar-refractivity contribution in [1.82, 2.24) is 4.98 Å². The number of ether oxygens (including phenoxy) is 1. The smallest absolute Gasteiger partial charge is 0.264 e. The van der Waals surface area contributed by atoms with Crippen LogP contribution in [0.3, 0.4) is 0 Å². The summed E-state index contributed by atoms with van der Waals surface area (Å²) in [6.45, 7) is 3.88. The predicted octanol–water partition coefficient (Wildman–Crippen LogP) is 3.54. The van der Waals surface area contributed by atoms with Crippen molar-refractivity contribution in [1.29, 1.82) is 0 Å². The Labute approximate surface area is 124 Å². The van der Waals surface area contributed by atoms with Crippen LogP contribution < -0.4 is 10.1 Å². The van der Waals surface area contributed by atoms with E-state index in [0.29, 0.717) is 5.13 Å². The maximum atomic E-state index is 11.7. The molecule has 0 unspecified atom stereocenters. The van der Waals surface area contributed by atoms with E-state index in [9.17, 15) is 4.79 Å². The predicted molar refractivity (Wildman–Crippen MR) is 79.9 cm³/mol. The van der Waals surface area contributed by atoms with Gasteiger partial charge in [-0.2, -0.15) is 0 Å². The Bertz CT molecular complexity index is 561. The molecule has 0 spiro atoms. The first-order valence-corrected chi connectivity index (χ1v) is 7.32. The summed E-state index contributed by atoms with van der Waals surface area (Å²) < 4.78 is 6.58. The molecular formula is C13H13BrN2O2S. The topological polar surface area (TPSA) is 51.2 Å². The lowest BCUT2D eigenvalue weighted by Crippen LogP contribution is -2.20. The number of nitrogens with zero attached hydrogens (tertiary/aromatic N) is 1. The van der Waals surface area contributed by atoms with Gasteiger partial charge in [0, 0.05) is 16.0 Å². The maximum absolute atomic E-state index is 11.7. The number of nitrogens with one attached hydrogen (secondary N) is 1. The van der Waals surface area contributed by atoms with Gasteiger partial charge in [-0.25, -0.2) is 4.98 Å². The summed E-state index contributed by atoms with van der Waals surface area (Å²) in [4.78, 5) is 15.7. The molecule has 0 aliphatic heterocycles. The highest BCUT2D eigenvalue weighted by Gasteiger charge is 2.09. The Hall–Kier alpha value is -1.40. The number of aryl methyl sites for hydroxylation is 2. The van der Waals surface area contributed by atoms with Gasteiger partial charge >= 0.3 is 0 Å². The Morgan fingerprint density at radius 3 is 2.68 bits per heavy atom. The van der Waals surface area contributed by atoms with Crippen LogP contribution >= 0.6 is 27.3 Å². The van der Waals surface area contributed by atoms with Crippen molar-refractivity contribution in [2.45, 2.75) is 13.8 Å². The van der Waals surface area contributed by atoms with Crippen LogP contribution in [0.4, 0.5) is 5.13 Å². The molecule has 1 amide bonds. The molecule has 4 nitrogen and oxygen atoms in total. The molecule has 2 aromatic rings. The van der Waals surface area contributed by atoms with Crippen molar-refractivity contribution < 1.29 is 9.53 Å². The van der Waals surface area contributed by atoms with Crippen LogP contribution in [0.15, 0.2) is 28.2 Å². The molecule has 2 rings (SSSR count). The van der Waals surface area contributed by atoms with Gasteiger partial charge in [0.2, 0.25) is 0 Å². The van der Waals surface area contributed by atoms with E-state index in [-0.39, 0.29) is 12.5 Å². The molecule has 0 fully saturated rings. The molecule has 0 bridgehead atoms. The molecule has 0 atom stereocenters. The molecule has 1 aromatic carbocycles. The standard InChI is InChI=1S/C13H13BrN2O2S/c1-8-5-10(14)6-9(2)12(8)18-7-11(17)16-13-15-3-4-19-13/h3-6H,7H2,1-2H3,(H,15,16,17). The lowest BCUT2D eigenvalue weighted by atomic mass is 10.1. The number of amides is 1. The van der Waals surface area contributed by atoms with E-state index < -0.39 is 0 Å². The summed E-state index contributed by atoms with van der Waals surface area (Å²) in [6, 6.07) is 3.92. The average molecular weight is 341 g/mol. The molecule has 6 heteroatoms. The monoisotopic (exact) mass is 340 g/mol. The van der Waals surface area contributed by atoms with Crippen LogP contribution in [-0.4, -0.2) is 17.5 Å². The summed E-state index contributed by atoms with van der Waals surface area (Å²) >= 11 is 4.80. The lowest BCUT2D eigenvalue weighted by Gasteiger charge is -2.12. The zero-order valence-electron chi connectivity index (χ0n) is 10.6. The van der Waals surface area contributed by atoms with Crippen LogP contribution in [0, 0.1) is 13.8 Å². The van der Waals surface area contributed by atoms with Gasteiger partial charge in [-0.3, -0.25) is 10.1 Å². The third-order valence-corrected chi connectivity index (χ3v) is 3.60. The molecular weight excluding hydrogens is 328 g/mol. The fraction of sp³-hybridized carbons (Fsp3) is 0.231. The van der Waals surface area contributed by atoms with Gasteiger partial charge < -0.3 is 4.74 Å². The number of carbonyl (C=O) groups is 1. The number of carbonyl (C=O) groups excluding carboxylic acids is 1. The minimum Gasteiger partial charge on any atom is -0.483 e. The highest BCUT2D eigenvalue weighted by Crippen LogP contribution is 2.27. The second-order valence-corrected chi connectivity index (χ2v) is 5.85. The van der Waals surface area contributed by atoms with Crippen LogP contribution in [-0.2, 0) is 4.79 Å². The number of hydrogen-bond acceptors (Lipinski definition) is 4. The van der Waals surface area contributed by atoms with E-state index in [1.54, 1.807) is 11.6 Å². The molecule has 1 N–H and O–H groups in total. The van der Waals surface area contributed by atoms with E-state index in [1.807, 2.05) is 26.0 Å². The molecule has 0 radical (unpaired) electrons. The fourth-order valence-corrected chi connectivity index (χ4v) is 2.94. The van der Waals surface area contributed by atoms with E-state index in [2.05, 4.69) is 26.2 Å². The van der Waals surface area contributed by atoms with Gasteiger partial charge in [-0.1, -0.05) is 15.9 Å². The number of benzene rings is 1. The molecule has 0 aliphatic carbocycles. The van der Waals surface area contributed by atoms with Crippen molar-refractivity contribution >= 4 is 38.3 Å². The number of rotatable bonds is 4. The third-order valence-electron chi connectivity index (χ3n) is 2.45. The van der Waals surface area contributed by atoms with E-state index >= 15 is 0 Å². The van der Waals surface area contributed by atoms with Gasteiger partial charge in [0.25, 0.3) is 5.91 Å². The molecule has 1 aromatic heterocycles. The van der Waals surface area contributed by atoms with Crippen molar-refractivity contribution in [3.8, 4) is 5.75 Å². The lowest BCUT2D eigenvalue weighted by molar-refractivity contribution is -0.118. The second kappa shape index (κ2) is 6.16. The van der Waals surface area contributed by atoms with Crippen LogP contribution in [0.1, 0.15) is 11.1 Å². The van der Waals surface area contributed by atoms with Crippen molar-refractivity contribution in [3.05, 3.63) is 39.3 Å². The SMILES string of the molecule is Cc1cc(Br)cc(C)c1OCC(=O)Nc1nccs1. The van der Waals surface area contributed by atoms with Crippen molar-refractivity contribution in [2.24, 2.45) is 0 Å². The van der Waals surface area contributed by atoms with Gasteiger partial charge in [0.15, 0.2) is 11.7 Å².